The molecular weight excluding hydrogens is 281 g/mol. The maximum Gasteiger partial charge on any atom is 0.261 e. The van der Waals surface area contributed by atoms with Gasteiger partial charge in [-0.2, -0.15) is 0 Å². The maximum atomic E-state index is 12.0. The molecular formula is C15H19Cl2NO. The highest BCUT2D eigenvalue weighted by Crippen LogP contribution is 2.34. The van der Waals surface area contributed by atoms with E-state index in [1.54, 1.807) is 12.1 Å². The van der Waals surface area contributed by atoms with Crippen molar-refractivity contribution in [3.05, 3.63) is 48.0 Å². The molecule has 0 heterocycles. The molecule has 0 saturated carbocycles. The van der Waals surface area contributed by atoms with Crippen molar-refractivity contribution in [1.29, 1.82) is 0 Å². The first-order valence-corrected chi connectivity index (χ1v) is 7.08. The Morgan fingerprint density at radius 3 is 2.53 bits per heavy atom. The van der Waals surface area contributed by atoms with Gasteiger partial charge in [-0.25, -0.2) is 0 Å². The minimum atomic E-state index is -1.54. The number of nitrogens with one attached hydrogen (secondary N) is 1. The van der Waals surface area contributed by atoms with Crippen molar-refractivity contribution in [2.45, 2.75) is 30.5 Å². The van der Waals surface area contributed by atoms with Crippen LogP contribution in [0.1, 0.15) is 30.4 Å². The van der Waals surface area contributed by atoms with Crippen LogP contribution < -0.4 is 5.32 Å². The summed E-state index contributed by atoms with van der Waals surface area (Å²) in [6.45, 7) is 6.18. The zero-order chi connectivity index (χ0) is 14.3. The second-order valence-electron chi connectivity index (χ2n) is 4.48. The highest BCUT2D eigenvalue weighted by Gasteiger charge is 2.35. The van der Waals surface area contributed by atoms with Crippen molar-refractivity contribution in [1.82, 2.24) is 5.32 Å². The topological polar surface area (TPSA) is 29.1 Å². The molecule has 104 valence electrons. The van der Waals surface area contributed by atoms with Crippen LogP contribution in [0, 0.1) is 6.92 Å². The molecule has 1 rings (SSSR count). The van der Waals surface area contributed by atoms with E-state index in [9.17, 15) is 4.79 Å². The predicted octanol–water partition coefficient (Wildman–Crippen LogP) is 4.10. The maximum absolute atomic E-state index is 12.0. The summed E-state index contributed by atoms with van der Waals surface area (Å²) >= 11 is 12.3. The highest BCUT2D eigenvalue weighted by molar-refractivity contribution is 6.57. The summed E-state index contributed by atoms with van der Waals surface area (Å²) in [5.41, 5.74) is 1.68. The fraction of sp³-hybridized carbons (Fsp3) is 0.400. The van der Waals surface area contributed by atoms with Crippen LogP contribution >= 0.6 is 23.2 Å². The Bertz CT molecular complexity index is 426. The van der Waals surface area contributed by atoms with Crippen LogP contribution in [0.2, 0.25) is 0 Å². The van der Waals surface area contributed by atoms with Gasteiger partial charge in [-0.1, -0.05) is 59.1 Å². The molecule has 0 fully saturated rings. The molecule has 1 aromatic rings. The predicted molar refractivity (Wildman–Crippen MR) is 81.6 cm³/mol. The molecule has 0 saturated heterocycles. The minimum absolute atomic E-state index is 0.377. The number of hydrogen-bond acceptors (Lipinski definition) is 1. The van der Waals surface area contributed by atoms with Gasteiger partial charge in [0, 0.05) is 6.54 Å². The van der Waals surface area contributed by atoms with Crippen LogP contribution in [0.25, 0.3) is 0 Å². The molecule has 0 spiro atoms. The summed E-state index contributed by atoms with van der Waals surface area (Å²) in [7, 11) is 0. The summed E-state index contributed by atoms with van der Waals surface area (Å²) < 4.78 is -1.54. The van der Waals surface area contributed by atoms with Crippen molar-refractivity contribution in [2.75, 3.05) is 6.54 Å². The van der Waals surface area contributed by atoms with Gasteiger partial charge in [-0.3, -0.25) is 4.79 Å². The van der Waals surface area contributed by atoms with E-state index in [0.29, 0.717) is 12.1 Å². The number of allylic oxidation sites excluding steroid dienone is 1. The monoisotopic (exact) mass is 299 g/mol. The fourth-order valence-electron chi connectivity index (χ4n) is 1.62. The van der Waals surface area contributed by atoms with Gasteiger partial charge in [0.25, 0.3) is 5.91 Å². The standard InChI is InChI=1S/C15H19Cl2NO/c1-3-4-5-6-11-18-14(19)15(16,17)13-9-7-12(2)8-10-13/h3,7-10H,1,4-6,11H2,2H3,(H,18,19). The average molecular weight is 300 g/mol. The van der Waals surface area contributed by atoms with E-state index < -0.39 is 4.33 Å². The normalized spacial score (nSPS) is 11.1. The Morgan fingerprint density at radius 1 is 1.32 bits per heavy atom. The average Bonchev–Trinajstić information content (AvgIpc) is 2.38. The van der Waals surface area contributed by atoms with Gasteiger partial charge in [-0.05, 0) is 31.7 Å². The largest absolute Gasteiger partial charge is 0.353 e. The lowest BCUT2D eigenvalue weighted by molar-refractivity contribution is -0.121. The second kappa shape index (κ2) is 7.56. The van der Waals surface area contributed by atoms with E-state index in [1.165, 1.54) is 0 Å². The molecule has 1 aromatic carbocycles. The molecule has 1 N–H and O–H groups in total. The van der Waals surface area contributed by atoms with Gasteiger partial charge < -0.3 is 5.32 Å². The Hall–Kier alpha value is -0.990. The smallest absolute Gasteiger partial charge is 0.261 e. The van der Waals surface area contributed by atoms with E-state index in [1.807, 2.05) is 25.1 Å². The molecule has 2 nitrogen and oxygen atoms in total. The Kier molecular flexibility index (Phi) is 6.40. The first kappa shape index (κ1) is 16.1. The first-order valence-electron chi connectivity index (χ1n) is 6.32. The summed E-state index contributed by atoms with van der Waals surface area (Å²) in [6.07, 6.45) is 4.68. The number of aryl methyl sites for hydroxylation is 1. The van der Waals surface area contributed by atoms with E-state index in [-0.39, 0.29) is 5.91 Å². The van der Waals surface area contributed by atoms with Crippen molar-refractivity contribution in [2.24, 2.45) is 0 Å². The zero-order valence-electron chi connectivity index (χ0n) is 11.1. The summed E-state index contributed by atoms with van der Waals surface area (Å²) in [4.78, 5) is 12.0. The highest BCUT2D eigenvalue weighted by atomic mass is 35.5. The Labute approximate surface area is 124 Å². The van der Waals surface area contributed by atoms with Crippen LogP contribution in [0.5, 0.6) is 0 Å². The van der Waals surface area contributed by atoms with Gasteiger partial charge in [-0.15, -0.1) is 6.58 Å². The summed E-state index contributed by atoms with van der Waals surface area (Å²) in [6, 6.07) is 7.30. The number of carbonyl (C=O) groups excluding carboxylic acids is 1. The van der Waals surface area contributed by atoms with Gasteiger partial charge in [0.2, 0.25) is 4.33 Å². The van der Waals surface area contributed by atoms with E-state index in [0.717, 1.165) is 24.8 Å². The number of halogens is 2. The molecule has 0 aliphatic heterocycles. The lowest BCUT2D eigenvalue weighted by Crippen LogP contribution is -2.37. The fourth-order valence-corrected chi connectivity index (χ4v) is 2.01. The van der Waals surface area contributed by atoms with Crippen LogP contribution in [-0.4, -0.2) is 12.5 Å². The lowest BCUT2D eigenvalue weighted by atomic mass is 10.1. The van der Waals surface area contributed by atoms with Gasteiger partial charge in [0.1, 0.15) is 0 Å². The molecule has 0 bridgehead atoms. The molecule has 0 aliphatic rings. The van der Waals surface area contributed by atoms with Gasteiger partial charge >= 0.3 is 0 Å². The minimum Gasteiger partial charge on any atom is -0.353 e. The van der Waals surface area contributed by atoms with Gasteiger partial charge in [0.15, 0.2) is 0 Å². The molecule has 0 atom stereocenters. The molecule has 0 unspecified atom stereocenters. The number of benzene rings is 1. The van der Waals surface area contributed by atoms with Crippen molar-refractivity contribution >= 4 is 29.1 Å². The molecule has 4 heteroatoms. The summed E-state index contributed by atoms with van der Waals surface area (Å²) in [5.74, 6) is -0.377. The number of amides is 1. The van der Waals surface area contributed by atoms with E-state index in [4.69, 9.17) is 23.2 Å². The van der Waals surface area contributed by atoms with Crippen molar-refractivity contribution in [3.8, 4) is 0 Å². The SMILES string of the molecule is C=CCCCCNC(=O)C(Cl)(Cl)c1ccc(C)cc1. The third-order valence-electron chi connectivity index (χ3n) is 2.82. The molecule has 19 heavy (non-hydrogen) atoms. The second-order valence-corrected chi connectivity index (χ2v) is 5.81. The third-order valence-corrected chi connectivity index (χ3v) is 3.60. The van der Waals surface area contributed by atoms with Crippen molar-refractivity contribution < 1.29 is 4.79 Å². The van der Waals surface area contributed by atoms with Crippen LogP contribution in [0.4, 0.5) is 0 Å². The molecule has 0 radical (unpaired) electrons. The van der Waals surface area contributed by atoms with E-state index >= 15 is 0 Å². The Balaban J connectivity index is 2.54. The van der Waals surface area contributed by atoms with Crippen LogP contribution in [0.3, 0.4) is 0 Å². The van der Waals surface area contributed by atoms with Crippen LogP contribution in [0.15, 0.2) is 36.9 Å². The quantitative estimate of drug-likeness (QED) is 0.458. The number of carbonyl (C=O) groups is 1. The van der Waals surface area contributed by atoms with E-state index in [2.05, 4.69) is 11.9 Å². The zero-order valence-corrected chi connectivity index (χ0v) is 12.6. The first-order chi connectivity index (χ1) is 8.98. The number of hydrogen-bond donors (Lipinski definition) is 1. The van der Waals surface area contributed by atoms with Crippen molar-refractivity contribution in [3.63, 3.8) is 0 Å². The molecule has 0 aliphatic carbocycles. The number of alkyl halides is 2. The summed E-state index contributed by atoms with van der Waals surface area (Å²) in [5, 5.41) is 2.76. The van der Waals surface area contributed by atoms with Gasteiger partial charge in [0.05, 0.1) is 0 Å². The number of unbranched alkanes of at least 4 members (excludes halogenated alkanes) is 2. The Morgan fingerprint density at radius 2 is 1.95 bits per heavy atom. The van der Waals surface area contributed by atoms with Crippen LogP contribution in [-0.2, 0) is 9.13 Å². The number of rotatable bonds is 7. The molecule has 1 amide bonds. The third kappa shape index (κ3) is 4.88. The molecule has 0 aromatic heterocycles. The lowest BCUT2D eigenvalue weighted by Gasteiger charge is -2.19.